The van der Waals surface area contributed by atoms with E-state index >= 15 is 0 Å². The molecule has 4 heteroatoms. The van der Waals surface area contributed by atoms with Crippen molar-refractivity contribution >= 4 is 23.2 Å². The molecule has 0 N–H and O–H groups in total. The van der Waals surface area contributed by atoms with Gasteiger partial charge in [0.25, 0.3) is 0 Å². The van der Waals surface area contributed by atoms with Gasteiger partial charge in [-0.25, -0.2) is 0 Å². The van der Waals surface area contributed by atoms with Crippen molar-refractivity contribution in [2.24, 2.45) is 0 Å². The Hall–Kier alpha value is 0.440. The second kappa shape index (κ2) is 1.94. The van der Waals surface area contributed by atoms with Gasteiger partial charge >= 0.3 is 5.38 Å². The largest absolute Gasteiger partial charge is 0.339 e. The molecular formula is C2HCl2F2. The van der Waals surface area contributed by atoms with Crippen molar-refractivity contribution in [3.63, 3.8) is 0 Å². The predicted octanol–water partition coefficient (Wildman–Crippen LogP) is 2.22. The Kier molecular flexibility index (Phi) is 2.08. The molecule has 1 radical (unpaired) electrons. The third kappa shape index (κ3) is 4.44. The van der Waals surface area contributed by atoms with E-state index in [2.05, 4.69) is 23.2 Å². The molecule has 0 aliphatic heterocycles. The van der Waals surface area contributed by atoms with Gasteiger partial charge in [-0.15, -0.1) is 11.6 Å². The first kappa shape index (κ1) is 6.44. The summed E-state index contributed by atoms with van der Waals surface area (Å²) < 4.78 is 22.1. The highest BCUT2D eigenvalue weighted by molar-refractivity contribution is 6.32. The minimum Gasteiger partial charge on any atom is -0.186 e. The van der Waals surface area contributed by atoms with Crippen LogP contribution in [0.15, 0.2) is 0 Å². The quantitative estimate of drug-likeness (QED) is 0.482. The zero-order valence-corrected chi connectivity index (χ0v) is 4.10. The standard InChI is InChI=1S/C2HCl2F2/c3-1-2(4,5)6/h1H. The minimum atomic E-state index is -3.35. The van der Waals surface area contributed by atoms with Crippen LogP contribution in [0.5, 0.6) is 0 Å². The van der Waals surface area contributed by atoms with Crippen LogP contribution in [0.2, 0.25) is 0 Å². The predicted molar refractivity (Wildman–Crippen MR) is 21.0 cm³/mol. The molecule has 0 saturated carbocycles. The van der Waals surface area contributed by atoms with E-state index in [9.17, 15) is 8.78 Å². The number of hydrogen-bond donors (Lipinski definition) is 0. The molecule has 0 aromatic heterocycles. The maximum absolute atomic E-state index is 11.0. The van der Waals surface area contributed by atoms with E-state index in [4.69, 9.17) is 0 Å². The summed E-state index contributed by atoms with van der Waals surface area (Å²) in [7, 11) is 0. The number of hydrogen-bond acceptors (Lipinski definition) is 0. The molecule has 0 aliphatic carbocycles. The summed E-state index contributed by atoms with van der Waals surface area (Å²) in [5.74, 6) is 0.0918. The van der Waals surface area contributed by atoms with Crippen LogP contribution in [0.1, 0.15) is 0 Å². The van der Waals surface area contributed by atoms with Crippen LogP contribution in [-0.2, 0) is 0 Å². The van der Waals surface area contributed by atoms with E-state index < -0.39 is 5.38 Å². The molecule has 0 unspecified atom stereocenters. The van der Waals surface area contributed by atoms with Gasteiger partial charge in [-0.2, -0.15) is 8.78 Å². The van der Waals surface area contributed by atoms with Gasteiger partial charge in [0, 0.05) is 0 Å². The van der Waals surface area contributed by atoms with E-state index in [1.165, 1.54) is 0 Å². The number of halogens is 4. The maximum Gasteiger partial charge on any atom is 0.339 e. The Morgan fingerprint density at radius 2 is 1.67 bits per heavy atom. The van der Waals surface area contributed by atoms with Gasteiger partial charge in [0.2, 0.25) is 0 Å². The lowest BCUT2D eigenvalue weighted by molar-refractivity contribution is 0.144. The lowest BCUT2D eigenvalue weighted by Crippen LogP contribution is -1.99. The van der Waals surface area contributed by atoms with E-state index in [0.29, 0.717) is 0 Å². The molecule has 0 amide bonds. The Bertz CT molecular complexity index is 39.3. The average Bonchev–Trinajstić information content (AvgIpc) is 1.35. The fourth-order valence-corrected chi connectivity index (χ4v) is 0. The van der Waals surface area contributed by atoms with Gasteiger partial charge in [0.15, 0.2) is 0 Å². The molecule has 0 aromatic rings. The molecule has 0 saturated heterocycles. The second-order valence-electron chi connectivity index (χ2n) is 0.651. The van der Waals surface area contributed by atoms with Crippen molar-refractivity contribution in [1.82, 2.24) is 0 Å². The van der Waals surface area contributed by atoms with E-state index in [-0.39, 0.29) is 5.88 Å². The van der Waals surface area contributed by atoms with Crippen LogP contribution >= 0.6 is 23.2 Å². The Labute approximate surface area is 44.0 Å². The average molecular weight is 134 g/mol. The first-order chi connectivity index (χ1) is 2.56. The normalized spacial score (nSPS) is 12.0. The van der Waals surface area contributed by atoms with Crippen LogP contribution in [-0.4, -0.2) is 5.38 Å². The van der Waals surface area contributed by atoms with E-state index in [1.54, 1.807) is 0 Å². The van der Waals surface area contributed by atoms with Crippen LogP contribution in [0.25, 0.3) is 0 Å². The molecule has 6 heavy (non-hydrogen) atoms. The third-order valence-corrected chi connectivity index (χ3v) is 0.619. The second-order valence-corrected chi connectivity index (χ2v) is 1.37. The molecule has 0 spiro atoms. The third-order valence-electron chi connectivity index (χ3n) is 0.124. The molecular weight excluding hydrogens is 133 g/mol. The summed E-state index contributed by atoms with van der Waals surface area (Å²) in [5.41, 5.74) is 0. The maximum atomic E-state index is 11.0. The molecule has 0 aliphatic rings. The summed E-state index contributed by atoms with van der Waals surface area (Å²) in [6.07, 6.45) is 0. The van der Waals surface area contributed by atoms with Gasteiger partial charge < -0.3 is 0 Å². The first-order valence-electron chi connectivity index (χ1n) is 1.07. The smallest absolute Gasteiger partial charge is 0.186 e. The van der Waals surface area contributed by atoms with Crippen molar-refractivity contribution in [2.75, 3.05) is 0 Å². The van der Waals surface area contributed by atoms with Crippen molar-refractivity contribution in [3.8, 4) is 0 Å². The Morgan fingerprint density at radius 1 is 1.50 bits per heavy atom. The summed E-state index contributed by atoms with van der Waals surface area (Å²) in [6.45, 7) is 0. The van der Waals surface area contributed by atoms with Crippen LogP contribution < -0.4 is 0 Å². The van der Waals surface area contributed by atoms with Crippen LogP contribution in [0, 0.1) is 5.88 Å². The van der Waals surface area contributed by atoms with Gasteiger partial charge in [-0.05, 0) is 11.6 Å². The molecule has 37 valence electrons. The zero-order chi connectivity index (χ0) is 5.21. The van der Waals surface area contributed by atoms with Crippen molar-refractivity contribution < 1.29 is 8.78 Å². The van der Waals surface area contributed by atoms with E-state index in [0.717, 1.165) is 0 Å². The summed E-state index contributed by atoms with van der Waals surface area (Å²) in [6, 6.07) is 0. The Balaban J connectivity index is 3.17. The fraction of sp³-hybridized carbons (Fsp3) is 0.500. The monoisotopic (exact) mass is 133 g/mol. The highest BCUT2D eigenvalue weighted by Gasteiger charge is 2.22. The Morgan fingerprint density at radius 3 is 1.67 bits per heavy atom. The molecule has 0 fully saturated rings. The number of rotatable bonds is 1. The van der Waals surface area contributed by atoms with Gasteiger partial charge in [0.05, 0.1) is 0 Å². The summed E-state index contributed by atoms with van der Waals surface area (Å²) >= 11 is 8.67. The van der Waals surface area contributed by atoms with Gasteiger partial charge in [-0.3, -0.25) is 0 Å². The lowest BCUT2D eigenvalue weighted by atomic mass is 10.8. The fourth-order valence-electron chi connectivity index (χ4n) is 0. The van der Waals surface area contributed by atoms with E-state index in [1.807, 2.05) is 0 Å². The molecule has 0 nitrogen and oxygen atoms in total. The SMILES string of the molecule is FC(F)(Cl)[CH]Cl. The highest BCUT2D eigenvalue weighted by Crippen LogP contribution is 2.23. The molecule has 0 bridgehead atoms. The van der Waals surface area contributed by atoms with Crippen molar-refractivity contribution in [3.05, 3.63) is 5.88 Å². The molecule has 0 heterocycles. The van der Waals surface area contributed by atoms with Crippen LogP contribution in [0.3, 0.4) is 0 Å². The number of alkyl halides is 3. The summed E-state index contributed by atoms with van der Waals surface area (Å²) in [5, 5.41) is -3.35. The lowest BCUT2D eigenvalue weighted by Gasteiger charge is -1.96. The molecule has 0 rings (SSSR count). The zero-order valence-electron chi connectivity index (χ0n) is 2.59. The van der Waals surface area contributed by atoms with Gasteiger partial charge in [0.1, 0.15) is 5.88 Å². The van der Waals surface area contributed by atoms with Crippen molar-refractivity contribution in [2.45, 2.75) is 5.38 Å². The summed E-state index contributed by atoms with van der Waals surface area (Å²) in [4.78, 5) is 0. The molecule has 0 atom stereocenters. The van der Waals surface area contributed by atoms with Gasteiger partial charge in [-0.1, -0.05) is 0 Å². The highest BCUT2D eigenvalue weighted by atomic mass is 35.5. The minimum absolute atomic E-state index is 0.0918. The first-order valence-corrected chi connectivity index (χ1v) is 1.89. The van der Waals surface area contributed by atoms with Crippen LogP contribution in [0.4, 0.5) is 8.78 Å². The van der Waals surface area contributed by atoms with Crippen molar-refractivity contribution in [1.29, 1.82) is 0 Å². The molecule has 0 aromatic carbocycles. The topological polar surface area (TPSA) is 0 Å².